The zero-order valence-corrected chi connectivity index (χ0v) is 14.1. The van der Waals surface area contributed by atoms with Crippen LogP contribution in [0.4, 0.5) is 0 Å². The normalized spacial score (nSPS) is 24.7. The first-order valence-corrected chi connectivity index (χ1v) is 8.90. The maximum absolute atomic E-state index is 12.4. The first kappa shape index (κ1) is 17.5. The Balaban J connectivity index is 1.46. The van der Waals surface area contributed by atoms with Crippen molar-refractivity contribution < 1.29 is 23.9 Å². The van der Waals surface area contributed by atoms with Crippen molar-refractivity contribution in [1.29, 1.82) is 0 Å². The second-order valence-electron chi connectivity index (χ2n) is 6.95. The van der Waals surface area contributed by atoms with Crippen LogP contribution < -0.4 is 5.32 Å². The standard InChI is InChI=1S/C18H24N2O5/c21-16(12-3-1-4-13(11-12)18(23)24)19-14-6-8-20(9-7-14)17(22)15-5-2-10-25-15/h2,5,10,12-14H,1,3-4,6-9,11H2,(H,19,21)(H,23,24)/t12-,13+/m0/s1. The fourth-order valence-corrected chi connectivity index (χ4v) is 3.75. The smallest absolute Gasteiger partial charge is 0.306 e. The molecule has 2 fully saturated rings. The molecular formula is C18H24N2O5. The molecule has 2 heterocycles. The molecule has 0 spiro atoms. The Kier molecular flexibility index (Phi) is 5.40. The molecule has 0 radical (unpaired) electrons. The van der Waals surface area contributed by atoms with Crippen LogP contribution in [0, 0.1) is 11.8 Å². The number of likely N-dealkylation sites (tertiary alicyclic amines) is 1. The van der Waals surface area contributed by atoms with E-state index in [0.717, 1.165) is 12.8 Å². The summed E-state index contributed by atoms with van der Waals surface area (Å²) in [6.07, 6.45) is 5.51. The summed E-state index contributed by atoms with van der Waals surface area (Å²) < 4.78 is 5.14. The lowest BCUT2D eigenvalue weighted by Gasteiger charge is -2.33. The van der Waals surface area contributed by atoms with Crippen molar-refractivity contribution in [2.24, 2.45) is 11.8 Å². The number of carboxylic acid groups (broad SMARTS) is 1. The molecule has 2 N–H and O–H groups in total. The average molecular weight is 348 g/mol. The van der Waals surface area contributed by atoms with E-state index in [0.29, 0.717) is 44.5 Å². The van der Waals surface area contributed by atoms with Gasteiger partial charge in [0, 0.05) is 25.0 Å². The number of rotatable bonds is 4. The molecule has 2 aliphatic rings. The summed E-state index contributed by atoms with van der Waals surface area (Å²) >= 11 is 0. The Bertz CT molecular complexity index is 619. The van der Waals surface area contributed by atoms with Crippen LogP contribution in [-0.4, -0.2) is 46.9 Å². The number of furan rings is 1. The largest absolute Gasteiger partial charge is 0.481 e. The lowest BCUT2D eigenvalue weighted by atomic mass is 9.81. The van der Waals surface area contributed by atoms with E-state index in [-0.39, 0.29) is 23.8 Å². The third-order valence-electron chi connectivity index (χ3n) is 5.25. The molecule has 0 bridgehead atoms. The molecule has 2 amide bonds. The van der Waals surface area contributed by atoms with Crippen molar-refractivity contribution in [3.05, 3.63) is 24.2 Å². The molecule has 1 aliphatic carbocycles. The minimum absolute atomic E-state index is 0.0400. The number of nitrogens with one attached hydrogen (secondary N) is 1. The van der Waals surface area contributed by atoms with Crippen molar-refractivity contribution >= 4 is 17.8 Å². The number of amides is 2. The third-order valence-corrected chi connectivity index (χ3v) is 5.25. The molecular weight excluding hydrogens is 324 g/mol. The van der Waals surface area contributed by atoms with Gasteiger partial charge in [0.05, 0.1) is 12.2 Å². The molecule has 1 saturated heterocycles. The molecule has 0 unspecified atom stereocenters. The highest BCUT2D eigenvalue weighted by molar-refractivity contribution is 5.91. The molecule has 3 rings (SSSR count). The van der Waals surface area contributed by atoms with Crippen LogP contribution in [0.1, 0.15) is 49.1 Å². The molecule has 7 heteroatoms. The number of carbonyl (C=O) groups excluding carboxylic acids is 2. The van der Waals surface area contributed by atoms with E-state index in [1.165, 1.54) is 6.26 Å². The summed E-state index contributed by atoms with van der Waals surface area (Å²) in [5, 5.41) is 12.2. The van der Waals surface area contributed by atoms with Crippen LogP contribution in [0.15, 0.2) is 22.8 Å². The Morgan fingerprint density at radius 3 is 2.48 bits per heavy atom. The van der Waals surface area contributed by atoms with E-state index >= 15 is 0 Å². The van der Waals surface area contributed by atoms with Crippen molar-refractivity contribution in [3.63, 3.8) is 0 Å². The number of carboxylic acids is 1. The average Bonchev–Trinajstić information content (AvgIpc) is 3.16. The van der Waals surface area contributed by atoms with Gasteiger partial charge < -0.3 is 19.7 Å². The summed E-state index contributed by atoms with van der Waals surface area (Å²) in [7, 11) is 0. The number of hydrogen-bond acceptors (Lipinski definition) is 4. The number of nitrogens with zero attached hydrogens (tertiary/aromatic N) is 1. The highest BCUT2D eigenvalue weighted by atomic mass is 16.4. The molecule has 1 aromatic rings. The second-order valence-corrected chi connectivity index (χ2v) is 6.95. The van der Waals surface area contributed by atoms with E-state index in [4.69, 9.17) is 9.52 Å². The van der Waals surface area contributed by atoms with Crippen LogP contribution in [0.5, 0.6) is 0 Å². The van der Waals surface area contributed by atoms with Gasteiger partial charge in [0.1, 0.15) is 0 Å². The molecule has 25 heavy (non-hydrogen) atoms. The van der Waals surface area contributed by atoms with Gasteiger partial charge in [0.2, 0.25) is 5.91 Å². The molecule has 2 atom stereocenters. The Morgan fingerprint density at radius 1 is 1.12 bits per heavy atom. The fourth-order valence-electron chi connectivity index (χ4n) is 3.75. The van der Waals surface area contributed by atoms with Gasteiger partial charge >= 0.3 is 5.97 Å². The van der Waals surface area contributed by atoms with E-state index in [1.807, 2.05) is 0 Å². The second kappa shape index (κ2) is 7.72. The zero-order valence-electron chi connectivity index (χ0n) is 14.1. The number of aliphatic carboxylic acids is 1. The van der Waals surface area contributed by atoms with Gasteiger partial charge in [-0.2, -0.15) is 0 Å². The van der Waals surface area contributed by atoms with Crippen molar-refractivity contribution in [3.8, 4) is 0 Å². The minimum Gasteiger partial charge on any atom is -0.481 e. The Hall–Kier alpha value is -2.31. The summed E-state index contributed by atoms with van der Waals surface area (Å²) in [6, 6.07) is 3.38. The van der Waals surface area contributed by atoms with Crippen LogP contribution in [0.2, 0.25) is 0 Å². The SMILES string of the molecule is O=C(O)[C@@H]1CCC[C@H](C(=O)NC2CCN(C(=O)c3ccco3)CC2)C1. The highest BCUT2D eigenvalue weighted by Gasteiger charge is 2.33. The summed E-state index contributed by atoms with van der Waals surface area (Å²) in [6.45, 7) is 1.15. The highest BCUT2D eigenvalue weighted by Crippen LogP contribution is 2.29. The molecule has 7 nitrogen and oxygen atoms in total. The molecule has 136 valence electrons. The summed E-state index contributed by atoms with van der Waals surface area (Å²) in [5.41, 5.74) is 0. The van der Waals surface area contributed by atoms with Crippen LogP contribution in [0.3, 0.4) is 0 Å². The van der Waals surface area contributed by atoms with Gasteiger partial charge in [-0.05, 0) is 44.2 Å². The van der Waals surface area contributed by atoms with E-state index in [2.05, 4.69) is 5.32 Å². The maximum atomic E-state index is 12.4. The van der Waals surface area contributed by atoms with Crippen molar-refractivity contribution in [1.82, 2.24) is 10.2 Å². The topological polar surface area (TPSA) is 99.8 Å². The van der Waals surface area contributed by atoms with E-state index in [9.17, 15) is 14.4 Å². The maximum Gasteiger partial charge on any atom is 0.306 e. The van der Waals surface area contributed by atoms with Gasteiger partial charge in [0.25, 0.3) is 5.91 Å². The fraction of sp³-hybridized carbons (Fsp3) is 0.611. The van der Waals surface area contributed by atoms with E-state index in [1.54, 1.807) is 17.0 Å². The molecule has 1 aromatic heterocycles. The van der Waals surface area contributed by atoms with Gasteiger partial charge in [0.15, 0.2) is 5.76 Å². The minimum atomic E-state index is -0.803. The van der Waals surface area contributed by atoms with Crippen molar-refractivity contribution in [2.45, 2.75) is 44.6 Å². The number of hydrogen-bond donors (Lipinski definition) is 2. The lowest BCUT2D eigenvalue weighted by molar-refractivity contribution is -0.144. The zero-order chi connectivity index (χ0) is 17.8. The predicted octanol–water partition coefficient (Wildman–Crippen LogP) is 1.89. The first-order chi connectivity index (χ1) is 12.0. The molecule has 1 aliphatic heterocycles. The van der Waals surface area contributed by atoms with Crippen LogP contribution in [-0.2, 0) is 9.59 Å². The quantitative estimate of drug-likeness (QED) is 0.865. The third kappa shape index (κ3) is 4.21. The summed E-state index contributed by atoms with van der Waals surface area (Å²) in [4.78, 5) is 37.5. The number of carbonyl (C=O) groups is 3. The van der Waals surface area contributed by atoms with Crippen LogP contribution >= 0.6 is 0 Å². The van der Waals surface area contributed by atoms with Gasteiger partial charge in [-0.15, -0.1) is 0 Å². The Labute approximate surface area is 146 Å². The lowest BCUT2D eigenvalue weighted by Crippen LogP contribution is -2.48. The molecule has 1 saturated carbocycles. The predicted molar refractivity (Wildman–Crippen MR) is 88.9 cm³/mol. The number of piperidine rings is 1. The van der Waals surface area contributed by atoms with Crippen molar-refractivity contribution in [2.75, 3.05) is 13.1 Å². The van der Waals surface area contributed by atoms with Gasteiger partial charge in [-0.25, -0.2) is 0 Å². The van der Waals surface area contributed by atoms with Gasteiger partial charge in [-0.3, -0.25) is 14.4 Å². The van der Waals surface area contributed by atoms with Crippen LogP contribution in [0.25, 0.3) is 0 Å². The summed E-state index contributed by atoms with van der Waals surface area (Å²) in [5.74, 6) is -1.24. The monoisotopic (exact) mass is 348 g/mol. The first-order valence-electron chi connectivity index (χ1n) is 8.90. The van der Waals surface area contributed by atoms with Gasteiger partial charge in [-0.1, -0.05) is 6.42 Å². The Morgan fingerprint density at radius 2 is 1.84 bits per heavy atom. The molecule has 0 aromatic carbocycles. The van der Waals surface area contributed by atoms with E-state index < -0.39 is 11.9 Å².